The maximum absolute atomic E-state index is 13.8. The van der Waals surface area contributed by atoms with Gasteiger partial charge in [0, 0.05) is 23.6 Å². The molecule has 1 aliphatic rings. The number of alkyl halides is 3. The van der Waals surface area contributed by atoms with Crippen LogP contribution in [-0.4, -0.2) is 52.1 Å². The third-order valence-corrected chi connectivity index (χ3v) is 8.18. The molecule has 1 saturated carbocycles. The van der Waals surface area contributed by atoms with Crippen molar-refractivity contribution >= 4 is 17.5 Å². The van der Waals surface area contributed by atoms with Gasteiger partial charge < -0.3 is 21.1 Å². The molecule has 3 aromatic carbocycles. The van der Waals surface area contributed by atoms with Gasteiger partial charge in [0.05, 0.1) is 12.7 Å². The van der Waals surface area contributed by atoms with Gasteiger partial charge in [0.2, 0.25) is 17.6 Å². The summed E-state index contributed by atoms with van der Waals surface area (Å²) < 4.78 is 46.5. The molecule has 0 bridgehead atoms. The van der Waals surface area contributed by atoms with Gasteiger partial charge in [0.25, 0.3) is 0 Å². The Balaban J connectivity index is 1.34. The summed E-state index contributed by atoms with van der Waals surface area (Å²) in [6, 6.07) is 16.2. The lowest BCUT2D eigenvalue weighted by molar-refractivity contribution is -0.137. The Morgan fingerprint density at radius 2 is 1.69 bits per heavy atom. The number of ether oxygens (including phenoxy) is 1. The Morgan fingerprint density at radius 3 is 2.29 bits per heavy atom. The van der Waals surface area contributed by atoms with E-state index >= 15 is 0 Å². The van der Waals surface area contributed by atoms with Crippen molar-refractivity contribution in [1.29, 1.82) is 0 Å². The van der Waals surface area contributed by atoms with E-state index in [1.54, 1.807) is 48.5 Å². The maximum Gasteiger partial charge on any atom is 0.417 e. The number of hydrogen-bond acceptors (Lipinski definition) is 7. The lowest BCUT2D eigenvalue weighted by Gasteiger charge is -2.28. The number of methoxy groups -OCH3 is 1. The number of amides is 2. The van der Waals surface area contributed by atoms with E-state index in [2.05, 4.69) is 31.3 Å². The average molecular weight is 622 g/mol. The molecule has 1 aliphatic carbocycles. The largest absolute Gasteiger partial charge is 0.497 e. The minimum atomic E-state index is -4.58. The van der Waals surface area contributed by atoms with Crippen molar-refractivity contribution in [3.63, 3.8) is 0 Å². The molecule has 0 aliphatic heterocycles. The summed E-state index contributed by atoms with van der Waals surface area (Å²) in [5.41, 5.74) is 7.23. The SMILES string of the molecule is COc1ccc(-c2ccc(C[C@H](NC(=O)C3CCC(CN)CC3)C(=O)Nc3ccc(-c4nn[nH]n4)cc3)cc2)c(C(F)(F)F)c1. The number of H-pyrrole nitrogens is 1. The first kappa shape index (κ1) is 31.6. The predicted molar refractivity (Wildman–Crippen MR) is 162 cm³/mol. The standard InChI is InChI=1S/C32H34F3N7O3/c1-45-25-14-15-26(27(17-25)32(33,34)35)21-6-2-19(3-7-21)16-28(38-30(43)23-8-4-20(18-36)5-9-23)31(44)37-24-12-10-22(11-13-24)29-39-41-42-40-29/h2-3,6-7,10-15,17,20,23,28H,4-5,8-9,16,18,36H2,1H3,(H,37,44)(H,38,43)(H,39,40,41,42)/t20?,23?,28-/m0/s1. The summed E-state index contributed by atoms with van der Waals surface area (Å²) >= 11 is 0. The van der Waals surface area contributed by atoms with E-state index in [9.17, 15) is 22.8 Å². The molecule has 1 fully saturated rings. The molecule has 1 aromatic heterocycles. The Labute approximate surface area is 257 Å². The zero-order valence-electron chi connectivity index (χ0n) is 24.6. The van der Waals surface area contributed by atoms with Crippen LogP contribution >= 0.6 is 0 Å². The number of rotatable bonds is 10. The third kappa shape index (κ3) is 7.85. The fraction of sp³-hybridized carbons (Fsp3) is 0.344. The van der Waals surface area contributed by atoms with Gasteiger partial charge in [-0.25, -0.2) is 0 Å². The third-order valence-electron chi connectivity index (χ3n) is 8.18. The van der Waals surface area contributed by atoms with E-state index in [0.717, 1.165) is 18.9 Å². The fourth-order valence-electron chi connectivity index (χ4n) is 5.57. The summed E-state index contributed by atoms with van der Waals surface area (Å²) in [7, 11) is 1.31. The van der Waals surface area contributed by atoms with Gasteiger partial charge in [-0.3, -0.25) is 9.59 Å². The van der Waals surface area contributed by atoms with E-state index in [4.69, 9.17) is 10.5 Å². The number of anilines is 1. The van der Waals surface area contributed by atoms with Crippen molar-refractivity contribution in [2.75, 3.05) is 19.0 Å². The van der Waals surface area contributed by atoms with Gasteiger partial charge in [-0.15, -0.1) is 10.2 Å². The molecular weight excluding hydrogens is 587 g/mol. The van der Waals surface area contributed by atoms with Crippen LogP contribution in [0.4, 0.5) is 18.9 Å². The molecule has 1 atom stereocenters. The Morgan fingerprint density at radius 1 is 1.00 bits per heavy atom. The molecule has 45 heavy (non-hydrogen) atoms. The Bertz CT molecular complexity index is 1590. The second-order valence-corrected chi connectivity index (χ2v) is 11.1. The molecule has 0 unspecified atom stereocenters. The smallest absolute Gasteiger partial charge is 0.417 e. The number of hydrogen-bond donors (Lipinski definition) is 4. The summed E-state index contributed by atoms with van der Waals surface area (Å²) in [4.78, 5) is 26.8. The van der Waals surface area contributed by atoms with Crippen molar-refractivity contribution < 1.29 is 27.5 Å². The molecule has 0 saturated heterocycles. The van der Waals surface area contributed by atoms with Gasteiger partial charge in [-0.1, -0.05) is 30.3 Å². The molecule has 5 N–H and O–H groups in total. The van der Waals surface area contributed by atoms with Crippen LogP contribution in [0.25, 0.3) is 22.5 Å². The minimum Gasteiger partial charge on any atom is -0.497 e. The second kappa shape index (κ2) is 13.9. The molecule has 0 spiro atoms. The highest BCUT2D eigenvalue weighted by molar-refractivity contribution is 5.97. The Kier molecular flexibility index (Phi) is 9.77. The van der Waals surface area contributed by atoms with E-state index in [1.165, 1.54) is 19.2 Å². The second-order valence-electron chi connectivity index (χ2n) is 11.1. The number of halogens is 3. The summed E-state index contributed by atoms with van der Waals surface area (Å²) in [5, 5.41) is 19.6. The number of benzene rings is 3. The number of aromatic nitrogens is 4. The number of tetrazole rings is 1. The fourth-order valence-corrected chi connectivity index (χ4v) is 5.57. The van der Waals surface area contributed by atoms with Crippen molar-refractivity contribution in [2.45, 2.75) is 44.3 Å². The quantitative estimate of drug-likeness (QED) is 0.195. The highest BCUT2D eigenvalue weighted by Crippen LogP contribution is 2.39. The summed E-state index contributed by atoms with van der Waals surface area (Å²) in [5.74, 6) is 0.0462. The maximum atomic E-state index is 13.8. The van der Waals surface area contributed by atoms with Crippen LogP contribution in [0.3, 0.4) is 0 Å². The normalized spacial score (nSPS) is 17.4. The van der Waals surface area contributed by atoms with Crippen molar-refractivity contribution in [3.8, 4) is 28.3 Å². The van der Waals surface area contributed by atoms with E-state index in [0.29, 0.717) is 53.5 Å². The number of nitrogens with one attached hydrogen (secondary N) is 3. The van der Waals surface area contributed by atoms with Crippen molar-refractivity contribution in [3.05, 3.63) is 77.9 Å². The summed E-state index contributed by atoms with van der Waals surface area (Å²) in [6.45, 7) is 0.585. The van der Waals surface area contributed by atoms with Crippen molar-refractivity contribution in [1.82, 2.24) is 25.9 Å². The molecule has 1 heterocycles. The van der Waals surface area contributed by atoms with Crippen LogP contribution in [0.1, 0.15) is 36.8 Å². The molecule has 10 nitrogen and oxygen atoms in total. The number of nitrogens with two attached hydrogens (primary N) is 1. The zero-order chi connectivity index (χ0) is 32.0. The lowest BCUT2D eigenvalue weighted by atomic mass is 9.81. The number of carbonyl (C=O) groups excluding carboxylic acids is 2. The average Bonchev–Trinajstić information content (AvgIpc) is 3.60. The van der Waals surface area contributed by atoms with Crippen LogP contribution in [-0.2, 0) is 22.2 Å². The molecular formula is C32H34F3N7O3. The molecule has 13 heteroatoms. The predicted octanol–water partition coefficient (Wildman–Crippen LogP) is 4.99. The molecule has 0 radical (unpaired) electrons. The first-order chi connectivity index (χ1) is 21.6. The monoisotopic (exact) mass is 621 g/mol. The first-order valence-corrected chi connectivity index (χ1v) is 14.6. The van der Waals surface area contributed by atoms with Crippen LogP contribution in [0.2, 0.25) is 0 Å². The van der Waals surface area contributed by atoms with Crippen LogP contribution in [0.5, 0.6) is 5.75 Å². The topological polar surface area (TPSA) is 148 Å². The van der Waals surface area contributed by atoms with Crippen LogP contribution in [0, 0.1) is 11.8 Å². The number of carbonyl (C=O) groups is 2. The number of nitrogens with zero attached hydrogens (tertiary/aromatic N) is 3. The zero-order valence-corrected chi connectivity index (χ0v) is 24.6. The molecule has 2 amide bonds. The summed E-state index contributed by atoms with van der Waals surface area (Å²) in [6.07, 6.45) is -1.36. The molecule has 5 rings (SSSR count). The van der Waals surface area contributed by atoms with Gasteiger partial charge in [-0.2, -0.15) is 18.4 Å². The Hall–Kier alpha value is -4.78. The van der Waals surface area contributed by atoms with Crippen LogP contribution in [0.15, 0.2) is 66.7 Å². The van der Waals surface area contributed by atoms with Crippen molar-refractivity contribution in [2.24, 2.45) is 17.6 Å². The van der Waals surface area contributed by atoms with Gasteiger partial charge in [0.15, 0.2) is 0 Å². The number of aromatic amines is 1. The van der Waals surface area contributed by atoms with Gasteiger partial charge in [-0.05, 0) is 96.4 Å². The van der Waals surface area contributed by atoms with Gasteiger partial charge in [0.1, 0.15) is 11.8 Å². The van der Waals surface area contributed by atoms with E-state index in [-0.39, 0.29) is 29.6 Å². The van der Waals surface area contributed by atoms with Crippen LogP contribution < -0.4 is 21.1 Å². The highest BCUT2D eigenvalue weighted by Gasteiger charge is 2.34. The first-order valence-electron chi connectivity index (χ1n) is 14.6. The van der Waals surface area contributed by atoms with Gasteiger partial charge >= 0.3 is 6.18 Å². The molecule has 236 valence electrons. The van der Waals surface area contributed by atoms with E-state index < -0.39 is 23.7 Å². The highest BCUT2D eigenvalue weighted by atomic mass is 19.4. The van der Waals surface area contributed by atoms with E-state index in [1.807, 2.05) is 0 Å². The lowest BCUT2D eigenvalue weighted by Crippen LogP contribution is -2.48. The molecule has 4 aromatic rings. The minimum absolute atomic E-state index is 0.00907.